The number of carbonyl (C=O) groups excluding carboxylic acids is 1. The van der Waals surface area contributed by atoms with Crippen molar-refractivity contribution in [1.82, 2.24) is 9.78 Å². The van der Waals surface area contributed by atoms with E-state index in [-0.39, 0.29) is 11.8 Å². The molecule has 1 aromatic carbocycles. The second-order valence-corrected chi connectivity index (χ2v) is 8.63. The third kappa shape index (κ3) is 3.24. The van der Waals surface area contributed by atoms with Crippen molar-refractivity contribution in [2.24, 2.45) is 17.8 Å². The van der Waals surface area contributed by atoms with Gasteiger partial charge in [-0.25, -0.2) is 0 Å². The smallest absolute Gasteiger partial charge is 0.250 e. The predicted molar refractivity (Wildman–Crippen MR) is 108 cm³/mol. The number of aromatic nitrogens is 2. The Labute approximate surface area is 157 Å². The Hall–Kier alpha value is -1.90. The fourth-order valence-corrected chi connectivity index (χ4v) is 4.08. The molecule has 3 rings (SSSR count). The molecule has 140 valence electrons. The maximum Gasteiger partial charge on any atom is 0.250 e. The second kappa shape index (κ2) is 7.38. The van der Waals surface area contributed by atoms with Crippen molar-refractivity contribution in [3.05, 3.63) is 41.6 Å². The van der Waals surface area contributed by atoms with E-state index in [1.165, 1.54) is 5.56 Å². The summed E-state index contributed by atoms with van der Waals surface area (Å²) in [6.07, 6.45) is 2.32. The number of carbonyl (C=O) groups is 1. The molecule has 0 aliphatic heterocycles. The maximum atomic E-state index is 13.3. The van der Waals surface area contributed by atoms with Gasteiger partial charge in [-0.1, -0.05) is 71.9 Å². The lowest BCUT2D eigenvalue weighted by Gasteiger charge is -2.28. The van der Waals surface area contributed by atoms with Crippen LogP contribution in [-0.4, -0.2) is 15.7 Å². The molecule has 1 aromatic heterocycles. The summed E-state index contributed by atoms with van der Waals surface area (Å²) >= 11 is 0. The Morgan fingerprint density at radius 2 is 1.73 bits per heavy atom. The molecule has 26 heavy (non-hydrogen) atoms. The first-order valence-corrected chi connectivity index (χ1v) is 10.0. The molecule has 0 bridgehead atoms. The summed E-state index contributed by atoms with van der Waals surface area (Å²) in [4.78, 5) is 13.3. The van der Waals surface area contributed by atoms with Crippen LogP contribution in [0.3, 0.4) is 0 Å². The number of fused-ring (bicyclic) bond motifs is 1. The van der Waals surface area contributed by atoms with Crippen molar-refractivity contribution in [3.63, 3.8) is 0 Å². The van der Waals surface area contributed by atoms with Crippen LogP contribution < -0.4 is 0 Å². The first-order chi connectivity index (χ1) is 12.3. The third-order valence-corrected chi connectivity index (χ3v) is 6.16. The Kier molecular flexibility index (Phi) is 5.36. The molecule has 0 amide bonds. The highest BCUT2D eigenvalue weighted by Crippen LogP contribution is 2.46. The molecule has 1 heterocycles. The van der Waals surface area contributed by atoms with Crippen molar-refractivity contribution in [2.75, 3.05) is 0 Å². The van der Waals surface area contributed by atoms with Crippen molar-refractivity contribution in [2.45, 2.75) is 66.2 Å². The van der Waals surface area contributed by atoms with Gasteiger partial charge in [-0.05, 0) is 30.6 Å². The van der Waals surface area contributed by atoms with Gasteiger partial charge in [-0.2, -0.15) is 9.78 Å². The van der Waals surface area contributed by atoms with Gasteiger partial charge in [0, 0.05) is 23.0 Å². The lowest BCUT2D eigenvalue weighted by Crippen LogP contribution is -2.25. The third-order valence-electron chi connectivity index (χ3n) is 6.16. The summed E-state index contributed by atoms with van der Waals surface area (Å²) in [7, 11) is 0. The highest BCUT2D eigenvalue weighted by molar-refractivity contribution is 5.86. The minimum atomic E-state index is -0.0494. The zero-order valence-electron chi connectivity index (χ0n) is 17.0. The van der Waals surface area contributed by atoms with Crippen LogP contribution in [0, 0.1) is 17.8 Å². The predicted octanol–water partition coefficient (Wildman–Crippen LogP) is 6.12. The van der Waals surface area contributed by atoms with E-state index < -0.39 is 0 Å². The van der Waals surface area contributed by atoms with E-state index in [4.69, 9.17) is 5.10 Å². The van der Waals surface area contributed by atoms with Crippen LogP contribution >= 0.6 is 0 Å². The Morgan fingerprint density at radius 1 is 1.08 bits per heavy atom. The highest BCUT2D eigenvalue weighted by atomic mass is 16.2. The molecule has 2 aromatic rings. The van der Waals surface area contributed by atoms with Gasteiger partial charge in [0.05, 0.1) is 11.4 Å². The molecule has 3 nitrogen and oxygen atoms in total. The van der Waals surface area contributed by atoms with Crippen LogP contribution in [0.25, 0.3) is 11.3 Å². The molecule has 0 fully saturated rings. The standard InChI is InChI=1S/C23H32N2O/c1-14(2)17(6)23(26)25-22(18-10-8-7-9-11-18)20-16(5)12-13-19(15(3)4)21(20)24-25/h7-11,14-17,19H,12-13H2,1-6H3/t16-,17+,19+/m1/s1. The topological polar surface area (TPSA) is 34.9 Å². The molecule has 0 saturated carbocycles. The summed E-state index contributed by atoms with van der Waals surface area (Å²) in [6, 6.07) is 10.3. The van der Waals surface area contributed by atoms with Crippen molar-refractivity contribution in [3.8, 4) is 11.3 Å². The van der Waals surface area contributed by atoms with Crippen LogP contribution in [0.2, 0.25) is 0 Å². The van der Waals surface area contributed by atoms with E-state index in [1.807, 2.05) is 25.1 Å². The van der Waals surface area contributed by atoms with Crippen LogP contribution in [0.4, 0.5) is 0 Å². The van der Waals surface area contributed by atoms with E-state index in [2.05, 4.69) is 46.8 Å². The second-order valence-electron chi connectivity index (χ2n) is 8.63. The minimum absolute atomic E-state index is 0.0494. The average Bonchev–Trinajstić information content (AvgIpc) is 3.02. The minimum Gasteiger partial charge on any atom is -0.272 e. The number of rotatable bonds is 4. The van der Waals surface area contributed by atoms with E-state index in [1.54, 1.807) is 4.68 Å². The summed E-state index contributed by atoms with van der Waals surface area (Å²) in [6.45, 7) is 13.0. The fraction of sp³-hybridized carbons (Fsp3) is 0.565. The zero-order chi connectivity index (χ0) is 19.0. The van der Waals surface area contributed by atoms with Crippen LogP contribution in [-0.2, 0) is 0 Å². The van der Waals surface area contributed by atoms with Gasteiger partial charge in [-0.15, -0.1) is 0 Å². The van der Waals surface area contributed by atoms with E-state index >= 15 is 0 Å². The Balaban J connectivity index is 2.24. The van der Waals surface area contributed by atoms with Gasteiger partial charge in [0.2, 0.25) is 0 Å². The first kappa shape index (κ1) is 18.9. The van der Waals surface area contributed by atoms with Gasteiger partial charge in [-0.3, -0.25) is 4.79 Å². The summed E-state index contributed by atoms with van der Waals surface area (Å²) in [5.74, 6) is 1.77. The van der Waals surface area contributed by atoms with E-state index in [9.17, 15) is 4.79 Å². The van der Waals surface area contributed by atoms with Crippen LogP contribution in [0.5, 0.6) is 0 Å². The summed E-state index contributed by atoms with van der Waals surface area (Å²) < 4.78 is 1.74. The lowest BCUT2D eigenvalue weighted by atomic mass is 9.75. The highest BCUT2D eigenvalue weighted by Gasteiger charge is 2.36. The molecule has 0 N–H and O–H groups in total. The quantitative estimate of drug-likeness (QED) is 0.664. The molecular formula is C23H32N2O. The lowest BCUT2D eigenvalue weighted by molar-refractivity contribution is 0.0796. The monoisotopic (exact) mass is 352 g/mol. The molecule has 0 spiro atoms. The number of benzene rings is 1. The normalized spacial score (nSPS) is 21.1. The number of nitrogens with zero attached hydrogens (tertiary/aromatic N) is 2. The molecule has 0 saturated heterocycles. The summed E-state index contributed by atoms with van der Waals surface area (Å²) in [5.41, 5.74) is 4.57. The zero-order valence-corrected chi connectivity index (χ0v) is 17.0. The van der Waals surface area contributed by atoms with Gasteiger partial charge < -0.3 is 0 Å². The Morgan fingerprint density at radius 3 is 2.31 bits per heavy atom. The number of hydrogen-bond acceptors (Lipinski definition) is 2. The maximum absolute atomic E-state index is 13.3. The van der Waals surface area contributed by atoms with Crippen LogP contribution in [0.1, 0.15) is 82.3 Å². The van der Waals surface area contributed by atoms with Gasteiger partial charge >= 0.3 is 0 Å². The van der Waals surface area contributed by atoms with Crippen molar-refractivity contribution >= 4 is 5.91 Å². The fourth-order valence-electron chi connectivity index (χ4n) is 4.08. The molecule has 3 atom stereocenters. The average molecular weight is 353 g/mol. The van der Waals surface area contributed by atoms with E-state index in [0.717, 1.165) is 29.8 Å². The largest absolute Gasteiger partial charge is 0.272 e. The molecule has 0 radical (unpaired) electrons. The van der Waals surface area contributed by atoms with Crippen molar-refractivity contribution in [1.29, 1.82) is 0 Å². The molecule has 1 aliphatic rings. The molecule has 3 heteroatoms. The molecule has 1 aliphatic carbocycles. The summed E-state index contributed by atoms with van der Waals surface area (Å²) in [5, 5.41) is 4.95. The number of hydrogen-bond donors (Lipinski definition) is 0. The van der Waals surface area contributed by atoms with Gasteiger partial charge in [0.25, 0.3) is 5.91 Å². The first-order valence-electron chi connectivity index (χ1n) is 10.0. The van der Waals surface area contributed by atoms with Gasteiger partial charge in [0.1, 0.15) is 0 Å². The van der Waals surface area contributed by atoms with Crippen molar-refractivity contribution < 1.29 is 4.79 Å². The molecular weight excluding hydrogens is 320 g/mol. The van der Waals surface area contributed by atoms with E-state index in [0.29, 0.717) is 23.7 Å². The molecule has 0 unspecified atom stereocenters. The van der Waals surface area contributed by atoms with Gasteiger partial charge in [0.15, 0.2) is 0 Å². The van der Waals surface area contributed by atoms with Crippen LogP contribution in [0.15, 0.2) is 30.3 Å². The SMILES string of the molecule is CC(C)[C@H](C)C(=O)n1nc2c(c1-c1ccccc1)[C@H](C)CC[C@H]2C(C)C. The Bertz CT molecular complexity index is 773.